The van der Waals surface area contributed by atoms with Crippen molar-refractivity contribution in [2.24, 2.45) is 0 Å². The number of benzene rings is 2. The van der Waals surface area contributed by atoms with Crippen LogP contribution in [-0.4, -0.2) is 29.5 Å². The molecule has 0 radical (unpaired) electrons. The van der Waals surface area contributed by atoms with Crippen molar-refractivity contribution in [3.8, 4) is 17.0 Å². The molecule has 2 amide bonds. The quantitative estimate of drug-likeness (QED) is 0.666. The molecule has 7 nitrogen and oxygen atoms in total. The molecule has 0 aliphatic heterocycles. The fourth-order valence-electron chi connectivity index (χ4n) is 2.59. The fourth-order valence-corrected chi connectivity index (χ4v) is 2.76. The lowest BCUT2D eigenvalue weighted by atomic mass is 10.1. The Labute approximate surface area is 166 Å². The molecular weight excluding hydrogens is 380 g/mol. The molecule has 1 aromatic heterocycles. The lowest BCUT2D eigenvalue weighted by molar-refractivity contribution is 0.251. The zero-order valence-corrected chi connectivity index (χ0v) is 15.9. The minimum atomic E-state index is -0.437. The number of amides is 2. The zero-order valence-electron chi connectivity index (χ0n) is 15.2. The molecule has 0 aliphatic rings. The average Bonchev–Trinajstić information content (AvgIpc) is 2.70. The second-order valence-corrected chi connectivity index (χ2v) is 6.31. The van der Waals surface area contributed by atoms with Gasteiger partial charge in [-0.1, -0.05) is 41.9 Å². The number of nitrogens with one attached hydrogen (secondary N) is 2. The maximum Gasteiger partial charge on any atom is 0.319 e. The largest absolute Gasteiger partial charge is 0.495 e. The van der Waals surface area contributed by atoms with Crippen LogP contribution < -0.4 is 20.9 Å². The molecule has 8 heteroatoms. The van der Waals surface area contributed by atoms with E-state index >= 15 is 0 Å². The number of rotatable bonds is 6. The maximum atomic E-state index is 12.1. The van der Waals surface area contributed by atoms with E-state index in [1.807, 2.05) is 30.3 Å². The zero-order chi connectivity index (χ0) is 19.9. The van der Waals surface area contributed by atoms with Gasteiger partial charge in [-0.3, -0.25) is 4.79 Å². The number of hydrogen-bond donors (Lipinski definition) is 2. The normalized spacial score (nSPS) is 10.4. The highest BCUT2D eigenvalue weighted by Crippen LogP contribution is 2.27. The van der Waals surface area contributed by atoms with Crippen LogP contribution in [0.25, 0.3) is 11.3 Å². The predicted molar refractivity (Wildman–Crippen MR) is 109 cm³/mol. The van der Waals surface area contributed by atoms with Crippen LogP contribution in [0.1, 0.15) is 0 Å². The maximum absolute atomic E-state index is 12.1. The highest BCUT2D eigenvalue weighted by molar-refractivity contribution is 6.31. The Morgan fingerprint density at radius 3 is 2.68 bits per heavy atom. The van der Waals surface area contributed by atoms with Crippen molar-refractivity contribution in [1.82, 2.24) is 15.1 Å². The van der Waals surface area contributed by atoms with Gasteiger partial charge in [0, 0.05) is 23.2 Å². The minimum Gasteiger partial charge on any atom is -0.495 e. The molecule has 0 bridgehead atoms. The average molecular weight is 399 g/mol. The summed E-state index contributed by atoms with van der Waals surface area (Å²) in [6.45, 7) is 0.458. The summed E-state index contributed by atoms with van der Waals surface area (Å²) in [5.74, 6) is 0.494. The molecule has 0 atom stereocenters. The third-order valence-electron chi connectivity index (χ3n) is 3.96. The van der Waals surface area contributed by atoms with Crippen LogP contribution >= 0.6 is 11.6 Å². The molecule has 2 aromatic carbocycles. The van der Waals surface area contributed by atoms with E-state index in [1.165, 1.54) is 17.9 Å². The summed E-state index contributed by atoms with van der Waals surface area (Å²) in [6.07, 6.45) is 0. The smallest absolute Gasteiger partial charge is 0.319 e. The molecule has 3 aromatic rings. The summed E-state index contributed by atoms with van der Waals surface area (Å²) in [4.78, 5) is 24.2. The van der Waals surface area contributed by atoms with Crippen molar-refractivity contribution >= 4 is 23.3 Å². The van der Waals surface area contributed by atoms with E-state index in [2.05, 4.69) is 15.7 Å². The molecule has 0 spiro atoms. The van der Waals surface area contributed by atoms with E-state index < -0.39 is 6.03 Å². The Morgan fingerprint density at radius 1 is 1.14 bits per heavy atom. The first-order valence-electron chi connectivity index (χ1n) is 8.59. The number of methoxy groups -OCH3 is 1. The molecule has 1 heterocycles. The molecule has 144 valence electrons. The van der Waals surface area contributed by atoms with Crippen LogP contribution in [-0.2, 0) is 6.54 Å². The van der Waals surface area contributed by atoms with Gasteiger partial charge < -0.3 is 15.4 Å². The van der Waals surface area contributed by atoms with Crippen LogP contribution in [0.5, 0.6) is 5.75 Å². The number of anilines is 1. The Bertz CT molecular complexity index is 1020. The van der Waals surface area contributed by atoms with Gasteiger partial charge in [0.25, 0.3) is 5.56 Å². The number of aromatic nitrogens is 2. The van der Waals surface area contributed by atoms with Crippen LogP contribution in [0.15, 0.2) is 65.5 Å². The first kappa shape index (κ1) is 19.4. The van der Waals surface area contributed by atoms with Gasteiger partial charge in [-0.15, -0.1) is 0 Å². The van der Waals surface area contributed by atoms with Gasteiger partial charge >= 0.3 is 6.03 Å². The standard InChI is InChI=1S/C20H19ClN4O3/c1-28-18-9-7-15(21)13-17(18)23-20(27)22-11-12-25-19(26)10-8-16(24-25)14-5-3-2-4-6-14/h2-10,13H,11-12H2,1H3,(H2,22,23,27). The SMILES string of the molecule is COc1ccc(Cl)cc1NC(=O)NCCn1nc(-c2ccccc2)ccc1=O. The minimum absolute atomic E-state index is 0.222. The van der Waals surface area contributed by atoms with E-state index in [9.17, 15) is 9.59 Å². The van der Waals surface area contributed by atoms with Crippen molar-refractivity contribution in [2.45, 2.75) is 6.54 Å². The summed E-state index contributed by atoms with van der Waals surface area (Å²) >= 11 is 5.95. The Kier molecular flexibility index (Phi) is 6.29. The Balaban J connectivity index is 1.61. The molecule has 0 saturated heterocycles. The molecule has 0 saturated carbocycles. The third kappa shape index (κ3) is 4.89. The Hall–Kier alpha value is -3.32. The van der Waals surface area contributed by atoms with Crippen LogP contribution in [0.2, 0.25) is 5.02 Å². The van der Waals surface area contributed by atoms with Crippen LogP contribution in [0.3, 0.4) is 0 Å². The second kappa shape index (κ2) is 9.05. The van der Waals surface area contributed by atoms with Gasteiger partial charge in [0.05, 0.1) is 25.0 Å². The molecule has 2 N–H and O–H groups in total. The highest BCUT2D eigenvalue weighted by atomic mass is 35.5. The van der Waals surface area contributed by atoms with E-state index in [-0.39, 0.29) is 18.6 Å². The molecule has 0 aliphatic carbocycles. The van der Waals surface area contributed by atoms with Gasteiger partial charge in [-0.25, -0.2) is 9.48 Å². The number of carbonyl (C=O) groups excluding carboxylic acids is 1. The monoisotopic (exact) mass is 398 g/mol. The van der Waals surface area contributed by atoms with Gasteiger partial charge in [-0.2, -0.15) is 5.10 Å². The first-order chi connectivity index (χ1) is 13.6. The van der Waals surface area contributed by atoms with Gasteiger partial charge in [0.1, 0.15) is 5.75 Å². The van der Waals surface area contributed by atoms with Crippen LogP contribution in [0.4, 0.5) is 10.5 Å². The van der Waals surface area contributed by atoms with Crippen LogP contribution in [0, 0.1) is 0 Å². The molecule has 3 rings (SSSR count). The van der Waals surface area contributed by atoms with E-state index in [1.54, 1.807) is 24.3 Å². The van der Waals surface area contributed by atoms with E-state index in [4.69, 9.17) is 16.3 Å². The summed E-state index contributed by atoms with van der Waals surface area (Å²) in [7, 11) is 1.50. The number of nitrogens with zero attached hydrogens (tertiary/aromatic N) is 2. The molecular formula is C20H19ClN4O3. The van der Waals surface area contributed by atoms with Gasteiger partial charge in [-0.05, 0) is 24.3 Å². The number of hydrogen-bond acceptors (Lipinski definition) is 4. The third-order valence-corrected chi connectivity index (χ3v) is 4.19. The predicted octanol–water partition coefficient (Wildman–Crippen LogP) is 3.39. The van der Waals surface area contributed by atoms with E-state index in [0.717, 1.165) is 5.56 Å². The molecule has 0 unspecified atom stereocenters. The second-order valence-electron chi connectivity index (χ2n) is 5.87. The van der Waals surface area contributed by atoms with Crippen molar-refractivity contribution < 1.29 is 9.53 Å². The number of halogens is 1. The summed E-state index contributed by atoms with van der Waals surface area (Å²) in [6, 6.07) is 17.2. The van der Waals surface area contributed by atoms with Crippen molar-refractivity contribution in [2.75, 3.05) is 19.0 Å². The van der Waals surface area contributed by atoms with Gasteiger partial charge in [0.2, 0.25) is 0 Å². The first-order valence-corrected chi connectivity index (χ1v) is 8.96. The summed E-state index contributed by atoms with van der Waals surface area (Å²) in [5, 5.41) is 10.2. The molecule has 0 fully saturated rings. The highest BCUT2D eigenvalue weighted by Gasteiger charge is 2.08. The van der Waals surface area contributed by atoms with Gasteiger partial charge in [0.15, 0.2) is 0 Å². The number of urea groups is 1. The lowest BCUT2D eigenvalue weighted by Gasteiger charge is -2.12. The van der Waals surface area contributed by atoms with Crippen molar-refractivity contribution in [3.63, 3.8) is 0 Å². The molecule has 28 heavy (non-hydrogen) atoms. The number of carbonyl (C=O) groups is 1. The summed E-state index contributed by atoms with van der Waals surface area (Å²) < 4.78 is 6.51. The van der Waals surface area contributed by atoms with E-state index in [0.29, 0.717) is 22.2 Å². The Morgan fingerprint density at radius 2 is 1.93 bits per heavy atom. The fraction of sp³-hybridized carbons (Fsp3) is 0.150. The lowest BCUT2D eigenvalue weighted by Crippen LogP contribution is -2.34. The number of ether oxygens (including phenoxy) is 1. The van der Waals surface area contributed by atoms with Crippen molar-refractivity contribution in [3.05, 3.63) is 76.0 Å². The topological polar surface area (TPSA) is 85.2 Å². The van der Waals surface area contributed by atoms with Crippen molar-refractivity contribution in [1.29, 1.82) is 0 Å². The summed E-state index contributed by atoms with van der Waals surface area (Å²) in [5.41, 5.74) is 1.82.